The zero-order valence-corrected chi connectivity index (χ0v) is 15.5. The lowest BCUT2D eigenvalue weighted by Crippen LogP contribution is -2.26. The molecule has 0 bridgehead atoms. The van der Waals surface area contributed by atoms with Crippen molar-refractivity contribution in [1.29, 1.82) is 0 Å². The molecule has 4 aromatic carbocycles. The number of methoxy groups -OCH3 is 1. The van der Waals surface area contributed by atoms with Gasteiger partial charge in [0.1, 0.15) is 0 Å². The first kappa shape index (κ1) is 17.9. The van der Waals surface area contributed by atoms with Gasteiger partial charge in [0, 0.05) is 12.7 Å². The van der Waals surface area contributed by atoms with E-state index in [-0.39, 0.29) is 5.91 Å². The van der Waals surface area contributed by atoms with E-state index in [1.807, 2.05) is 54.6 Å². The third-order valence-electron chi connectivity index (χ3n) is 4.76. The summed E-state index contributed by atoms with van der Waals surface area (Å²) in [6, 6.07) is 27.8. The third kappa shape index (κ3) is 3.50. The number of fused-ring (bicyclic) bond motifs is 2. The predicted molar refractivity (Wildman–Crippen MR) is 113 cm³/mol. The molecule has 4 rings (SSSR count). The number of ether oxygens (including phenoxy) is 1. The Morgan fingerprint density at radius 2 is 1.46 bits per heavy atom. The Labute approximate surface area is 163 Å². The van der Waals surface area contributed by atoms with Gasteiger partial charge in [-0.1, -0.05) is 78.9 Å². The Morgan fingerprint density at radius 1 is 0.893 bits per heavy atom. The van der Waals surface area contributed by atoms with Gasteiger partial charge in [-0.15, -0.1) is 0 Å². The molecule has 0 saturated heterocycles. The van der Waals surface area contributed by atoms with Gasteiger partial charge >= 0.3 is 0 Å². The zero-order chi connectivity index (χ0) is 19.3. The van der Waals surface area contributed by atoms with Crippen LogP contribution in [0.3, 0.4) is 0 Å². The van der Waals surface area contributed by atoms with E-state index < -0.39 is 6.10 Å². The van der Waals surface area contributed by atoms with Crippen LogP contribution in [0.1, 0.15) is 17.2 Å². The molecule has 0 heterocycles. The topological polar surface area (TPSA) is 50.7 Å². The van der Waals surface area contributed by atoms with Crippen LogP contribution in [0.4, 0.5) is 0 Å². The maximum Gasteiger partial charge on any atom is 0.273 e. The minimum absolute atomic E-state index is 0.311. The summed E-state index contributed by atoms with van der Waals surface area (Å²) in [5, 5.41) is 8.67. The van der Waals surface area contributed by atoms with Gasteiger partial charge < -0.3 is 4.74 Å². The fourth-order valence-electron chi connectivity index (χ4n) is 3.43. The van der Waals surface area contributed by atoms with Crippen LogP contribution in [-0.4, -0.2) is 19.2 Å². The molecule has 4 heteroatoms. The van der Waals surface area contributed by atoms with Crippen molar-refractivity contribution in [1.82, 2.24) is 5.43 Å². The molecular weight excluding hydrogens is 348 g/mol. The summed E-state index contributed by atoms with van der Waals surface area (Å²) >= 11 is 0. The monoisotopic (exact) mass is 368 g/mol. The minimum Gasteiger partial charge on any atom is -0.367 e. The SMILES string of the molecule is CO[C@@H](C(=O)N/N=C\c1c2ccccc2cc2ccccc12)c1ccccc1. The highest BCUT2D eigenvalue weighted by molar-refractivity contribution is 6.13. The van der Waals surface area contributed by atoms with Crippen LogP contribution in [0, 0.1) is 0 Å². The lowest BCUT2D eigenvalue weighted by Gasteiger charge is -2.13. The average Bonchev–Trinajstić information content (AvgIpc) is 2.74. The molecule has 0 aliphatic carbocycles. The highest BCUT2D eigenvalue weighted by atomic mass is 16.5. The second-order valence-electron chi connectivity index (χ2n) is 6.49. The van der Waals surface area contributed by atoms with Crippen molar-refractivity contribution >= 4 is 33.7 Å². The average molecular weight is 368 g/mol. The van der Waals surface area contributed by atoms with Gasteiger partial charge in [0.05, 0.1) is 6.21 Å². The molecule has 0 fully saturated rings. The standard InChI is InChI=1S/C24H20N2O2/c1-28-23(17-9-3-2-4-10-17)24(27)26-25-16-22-20-13-7-5-11-18(20)15-19-12-6-8-14-21(19)22/h2-16,23H,1H3,(H,26,27)/b25-16-/t23-/m1/s1. The van der Waals surface area contributed by atoms with Crippen LogP contribution >= 0.6 is 0 Å². The molecule has 0 aromatic heterocycles. The van der Waals surface area contributed by atoms with Gasteiger partial charge in [0.25, 0.3) is 5.91 Å². The Hall–Kier alpha value is -3.50. The molecule has 1 N–H and O–H groups in total. The van der Waals surface area contributed by atoms with Crippen molar-refractivity contribution in [2.24, 2.45) is 5.10 Å². The summed E-state index contributed by atoms with van der Waals surface area (Å²) in [4.78, 5) is 12.5. The molecule has 0 aliphatic rings. The van der Waals surface area contributed by atoms with E-state index >= 15 is 0 Å². The summed E-state index contributed by atoms with van der Waals surface area (Å²) in [5.41, 5.74) is 4.38. The van der Waals surface area contributed by atoms with Crippen LogP contribution in [0.25, 0.3) is 21.5 Å². The first-order valence-corrected chi connectivity index (χ1v) is 9.09. The predicted octanol–water partition coefficient (Wildman–Crippen LogP) is 4.83. The summed E-state index contributed by atoms with van der Waals surface area (Å²) in [6.45, 7) is 0. The summed E-state index contributed by atoms with van der Waals surface area (Å²) in [7, 11) is 1.51. The smallest absolute Gasteiger partial charge is 0.273 e. The van der Waals surface area contributed by atoms with Crippen molar-refractivity contribution in [3.05, 3.63) is 96.1 Å². The molecule has 138 valence electrons. The van der Waals surface area contributed by atoms with Crippen molar-refractivity contribution in [2.75, 3.05) is 7.11 Å². The minimum atomic E-state index is -0.706. The fraction of sp³-hybridized carbons (Fsp3) is 0.0833. The molecule has 0 spiro atoms. The largest absolute Gasteiger partial charge is 0.367 e. The molecule has 0 radical (unpaired) electrons. The van der Waals surface area contributed by atoms with Gasteiger partial charge in [-0.2, -0.15) is 5.10 Å². The van der Waals surface area contributed by atoms with Crippen LogP contribution in [0.2, 0.25) is 0 Å². The zero-order valence-electron chi connectivity index (χ0n) is 15.5. The Balaban J connectivity index is 1.65. The molecule has 1 amide bonds. The van der Waals surface area contributed by atoms with Crippen molar-refractivity contribution in [2.45, 2.75) is 6.10 Å². The van der Waals surface area contributed by atoms with Crippen LogP contribution in [-0.2, 0) is 9.53 Å². The van der Waals surface area contributed by atoms with Crippen molar-refractivity contribution < 1.29 is 9.53 Å². The van der Waals surface area contributed by atoms with Crippen LogP contribution in [0.5, 0.6) is 0 Å². The van der Waals surface area contributed by atoms with Gasteiger partial charge in [-0.3, -0.25) is 4.79 Å². The summed E-state index contributed by atoms with van der Waals surface area (Å²) in [6.07, 6.45) is 1.00. The molecule has 0 saturated carbocycles. The van der Waals surface area contributed by atoms with Crippen LogP contribution in [0.15, 0.2) is 90.0 Å². The first-order valence-electron chi connectivity index (χ1n) is 9.09. The Bertz CT molecular complexity index is 1100. The number of carbonyl (C=O) groups is 1. The second kappa shape index (κ2) is 8.03. The number of benzene rings is 4. The number of hydrogen-bond acceptors (Lipinski definition) is 3. The van der Waals surface area contributed by atoms with Gasteiger partial charge in [0.2, 0.25) is 0 Å². The first-order chi connectivity index (χ1) is 13.8. The normalized spacial score (nSPS) is 12.5. The molecule has 4 aromatic rings. The number of hydrogen-bond donors (Lipinski definition) is 1. The van der Waals surface area contributed by atoms with Crippen molar-refractivity contribution in [3.8, 4) is 0 Å². The quantitative estimate of drug-likeness (QED) is 0.312. The highest BCUT2D eigenvalue weighted by Crippen LogP contribution is 2.27. The number of rotatable bonds is 5. The van der Waals surface area contributed by atoms with Gasteiger partial charge in [-0.05, 0) is 33.2 Å². The van der Waals surface area contributed by atoms with E-state index in [0.717, 1.165) is 32.7 Å². The third-order valence-corrected chi connectivity index (χ3v) is 4.76. The van der Waals surface area contributed by atoms with Crippen molar-refractivity contribution in [3.63, 3.8) is 0 Å². The maximum atomic E-state index is 12.5. The number of amides is 1. The molecule has 0 unspecified atom stereocenters. The number of carbonyl (C=O) groups excluding carboxylic acids is 1. The van der Waals surface area contributed by atoms with E-state index in [1.54, 1.807) is 6.21 Å². The van der Waals surface area contributed by atoms with E-state index in [1.165, 1.54) is 7.11 Å². The number of hydrazone groups is 1. The second-order valence-corrected chi connectivity index (χ2v) is 6.49. The number of nitrogens with one attached hydrogen (secondary N) is 1. The van der Waals surface area contributed by atoms with E-state index in [0.29, 0.717) is 0 Å². The molecule has 0 aliphatic heterocycles. The fourth-order valence-corrected chi connectivity index (χ4v) is 3.43. The highest BCUT2D eigenvalue weighted by Gasteiger charge is 2.19. The van der Waals surface area contributed by atoms with Crippen LogP contribution < -0.4 is 5.43 Å². The molecular formula is C24H20N2O2. The maximum absolute atomic E-state index is 12.5. The summed E-state index contributed by atoms with van der Waals surface area (Å²) < 4.78 is 5.36. The van der Waals surface area contributed by atoms with Gasteiger partial charge in [-0.25, -0.2) is 5.43 Å². The lowest BCUT2D eigenvalue weighted by molar-refractivity contribution is -0.131. The summed E-state index contributed by atoms with van der Waals surface area (Å²) in [5.74, 6) is -0.311. The van der Waals surface area contributed by atoms with E-state index in [4.69, 9.17) is 4.74 Å². The van der Waals surface area contributed by atoms with E-state index in [9.17, 15) is 4.79 Å². The lowest BCUT2D eigenvalue weighted by atomic mass is 9.97. The molecule has 28 heavy (non-hydrogen) atoms. The number of nitrogens with zero attached hydrogens (tertiary/aromatic N) is 1. The Kier molecular flexibility index (Phi) is 5.13. The molecule has 4 nitrogen and oxygen atoms in total. The van der Waals surface area contributed by atoms with E-state index in [2.05, 4.69) is 40.9 Å². The Morgan fingerprint density at radius 3 is 2.07 bits per heavy atom. The molecule has 1 atom stereocenters. The van der Waals surface area contributed by atoms with Gasteiger partial charge in [0.15, 0.2) is 6.10 Å².